The fourth-order valence-corrected chi connectivity index (χ4v) is 6.25. The van der Waals surface area contributed by atoms with Crippen molar-refractivity contribution in [3.8, 4) is 46.0 Å². The summed E-state index contributed by atoms with van der Waals surface area (Å²) in [5.74, 6) is 2.60. The van der Waals surface area contributed by atoms with Crippen molar-refractivity contribution < 1.29 is 56.5 Å². The molecule has 4 aromatic rings. The maximum atomic E-state index is 13.0. The molecule has 0 radical (unpaired) electrons. The van der Waals surface area contributed by atoms with E-state index in [0.29, 0.717) is 71.3 Å². The molecule has 0 atom stereocenters. The van der Waals surface area contributed by atoms with Crippen molar-refractivity contribution in [2.45, 2.75) is 38.5 Å². The molecule has 0 heterocycles. The van der Waals surface area contributed by atoms with Gasteiger partial charge in [0.15, 0.2) is 11.6 Å². The van der Waals surface area contributed by atoms with Gasteiger partial charge in [-0.25, -0.2) is 4.57 Å². The zero-order chi connectivity index (χ0) is 37.0. The molecule has 0 saturated carbocycles. The summed E-state index contributed by atoms with van der Waals surface area (Å²) in [6.07, 6.45) is 2.79. The minimum Gasteiger partial charge on any atom is -0.496 e. The van der Waals surface area contributed by atoms with Crippen molar-refractivity contribution in [2.75, 3.05) is 42.7 Å². The maximum absolute atomic E-state index is 13.0. The highest BCUT2D eigenvalue weighted by atomic mass is 31.2. The van der Waals surface area contributed by atoms with E-state index in [2.05, 4.69) is 0 Å². The third kappa shape index (κ3) is 10.4. The van der Waals surface area contributed by atoms with Crippen LogP contribution >= 0.6 is 7.82 Å². The summed E-state index contributed by atoms with van der Waals surface area (Å²) >= 11 is 0. The monoisotopic (exact) mass is 722 g/mol. The van der Waals surface area contributed by atoms with Crippen LogP contribution in [0.15, 0.2) is 72.8 Å². The van der Waals surface area contributed by atoms with Crippen molar-refractivity contribution in [3.05, 3.63) is 95.1 Å². The summed E-state index contributed by atoms with van der Waals surface area (Å²) in [5.41, 5.74) is 2.55. The number of Topliss-reactive ketones (excluding diaryl/α,β-unsaturated/α-hetero) is 2. The highest BCUT2D eigenvalue weighted by molar-refractivity contribution is 7.48. The Morgan fingerprint density at radius 1 is 0.510 bits per heavy atom. The third-order valence-corrected chi connectivity index (χ3v) is 8.90. The standard InChI is InChI=1S/C38H43O12P/c1-43-29-21-33(45-3)37(34(22-29)46-4)31(39)11-7-9-25-13-17-27(18-14-25)49-51(41,42)50-28-19-15-26(16-20-28)10-8-12-32(40)38-35(47-5)23-30(44-2)24-36(38)48-6/h13-24H,7-12H2,1-6H3,(H,41,42). The van der Waals surface area contributed by atoms with Crippen LogP contribution in [0.1, 0.15) is 57.5 Å². The van der Waals surface area contributed by atoms with Gasteiger partial charge in [0.2, 0.25) is 0 Å². The largest absolute Gasteiger partial charge is 0.584 e. The molecule has 4 rings (SSSR count). The van der Waals surface area contributed by atoms with E-state index >= 15 is 0 Å². The van der Waals surface area contributed by atoms with E-state index in [0.717, 1.165) is 11.1 Å². The van der Waals surface area contributed by atoms with Gasteiger partial charge in [-0.05, 0) is 61.1 Å². The normalized spacial score (nSPS) is 11.0. The van der Waals surface area contributed by atoms with Crippen LogP contribution in [-0.2, 0) is 17.4 Å². The average molecular weight is 723 g/mol. The minimum atomic E-state index is -4.50. The summed E-state index contributed by atoms with van der Waals surface area (Å²) < 4.78 is 55.4. The Morgan fingerprint density at radius 2 is 0.824 bits per heavy atom. The highest BCUT2D eigenvalue weighted by Crippen LogP contribution is 2.44. The molecule has 0 spiro atoms. The lowest BCUT2D eigenvalue weighted by Gasteiger charge is -2.15. The van der Waals surface area contributed by atoms with Gasteiger partial charge in [-0.3, -0.25) is 14.5 Å². The molecule has 0 saturated heterocycles. The van der Waals surface area contributed by atoms with E-state index in [1.807, 2.05) is 0 Å². The van der Waals surface area contributed by atoms with Crippen molar-refractivity contribution in [2.24, 2.45) is 0 Å². The van der Waals surface area contributed by atoms with Crippen LogP contribution in [0.5, 0.6) is 46.0 Å². The fraction of sp³-hybridized carbons (Fsp3) is 0.316. The van der Waals surface area contributed by atoms with Crippen molar-refractivity contribution in [1.82, 2.24) is 0 Å². The third-order valence-electron chi connectivity index (χ3n) is 8.01. The van der Waals surface area contributed by atoms with Gasteiger partial charge >= 0.3 is 7.82 Å². The van der Waals surface area contributed by atoms with E-state index in [4.69, 9.17) is 37.5 Å². The first-order valence-electron chi connectivity index (χ1n) is 16.1. The molecule has 51 heavy (non-hydrogen) atoms. The Balaban J connectivity index is 1.25. The van der Waals surface area contributed by atoms with E-state index in [9.17, 15) is 19.0 Å². The Morgan fingerprint density at radius 3 is 1.10 bits per heavy atom. The van der Waals surface area contributed by atoms with Gasteiger partial charge in [-0.1, -0.05) is 24.3 Å². The van der Waals surface area contributed by atoms with Crippen LogP contribution in [0, 0.1) is 0 Å². The number of carbonyl (C=O) groups excluding carboxylic acids is 2. The van der Waals surface area contributed by atoms with Gasteiger partial charge in [0, 0.05) is 37.1 Å². The first-order chi connectivity index (χ1) is 24.5. The van der Waals surface area contributed by atoms with Crippen LogP contribution in [0.25, 0.3) is 0 Å². The molecule has 0 aliphatic heterocycles. The second kappa shape index (κ2) is 18.2. The van der Waals surface area contributed by atoms with Gasteiger partial charge in [-0.2, -0.15) is 0 Å². The minimum absolute atomic E-state index is 0.125. The summed E-state index contributed by atoms with van der Waals surface area (Å²) in [6.45, 7) is 0. The number of phosphoric acid groups is 1. The molecule has 272 valence electrons. The Bertz CT molecular complexity index is 1660. The molecule has 12 nitrogen and oxygen atoms in total. The Hall–Kier alpha value is -5.19. The maximum Gasteiger partial charge on any atom is 0.584 e. The highest BCUT2D eigenvalue weighted by Gasteiger charge is 2.25. The lowest BCUT2D eigenvalue weighted by Crippen LogP contribution is -2.06. The first kappa shape index (κ1) is 38.6. The van der Waals surface area contributed by atoms with Gasteiger partial charge in [0.05, 0.1) is 42.7 Å². The lowest BCUT2D eigenvalue weighted by molar-refractivity contribution is 0.0965. The molecule has 0 aliphatic carbocycles. The van der Waals surface area contributed by atoms with E-state index < -0.39 is 7.82 Å². The van der Waals surface area contributed by atoms with E-state index in [-0.39, 0.29) is 35.9 Å². The van der Waals surface area contributed by atoms with Crippen molar-refractivity contribution in [1.29, 1.82) is 0 Å². The predicted octanol–water partition coefficient (Wildman–Crippen LogP) is 7.71. The number of ether oxygens (including phenoxy) is 6. The number of aryl methyl sites for hydroxylation is 2. The molecule has 0 bridgehead atoms. The average Bonchev–Trinajstić information content (AvgIpc) is 3.14. The van der Waals surface area contributed by atoms with Crippen LogP contribution in [0.2, 0.25) is 0 Å². The molecule has 0 amide bonds. The Labute approximate surface area is 297 Å². The van der Waals surface area contributed by atoms with Crippen molar-refractivity contribution >= 4 is 19.4 Å². The van der Waals surface area contributed by atoms with E-state index in [1.54, 1.807) is 72.8 Å². The second-order valence-corrected chi connectivity index (χ2v) is 12.6. The summed E-state index contributed by atoms with van der Waals surface area (Å²) in [7, 11) is 4.48. The lowest BCUT2D eigenvalue weighted by atomic mass is 10.0. The van der Waals surface area contributed by atoms with Gasteiger partial charge in [-0.15, -0.1) is 0 Å². The van der Waals surface area contributed by atoms with Gasteiger partial charge in [0.1, 0.15) is 57.1 Å². The summed E-state index contributed by atoms with van der Waals surface area (Å²) in [5, 5.41) is 0. The number of carbonyl (C=O) groups is 2. The number of benzene rings is 4. The number of methoxy groups -OCH3 is 6. The van der Waals surface area contributed by atoms with Crippen LogP contribution in [-0.4, -0.2) is 59.1 Å². The van der Waals surface area contributed by atoms with Crippen molar-refractivity contribution in [3.63, 3.8) is 0 Å². The molecular weight excluding hydrogens is 679 g/mol. The summed E-state index contributed by atoms with van der Waals surface area (Å²) in [4.78, 5) is 36.5. The van der Waals surface area contributed by atoms with Gasteiger partial charge < -0.3 is 37.5 Å². The Kier molecular flexibility index (Phi) is 13.8. The first-order valence-corrected chi connectivity index (χ1v) is 17.6. The molecule has 13 heteroatoms. The molecule has 0 aliphatic rings. The zero-order valence-corrected chi connectivity index (χ0v) is 30.5. The molecule has 4 aromatic carbocycles. The number of hydrogen-bond acceptors (Lipinski definition) is 11. The van der Waals surface area contributed by atoms with Crippen LogP contribution in [0.4, 0.5) is 0 Å². The fourth-order valence-electron chi connectivity index (χ4n) is 5.44. The summed E-state index contributed by atoms with van der Waals surface area (Å²) in [6, 6.07) is 19.9. The predicted molar refractivity (Wildman–Crippen MR) is 191 cm³/mol. The SMILES string of the molecule is COc1cc(OC)c(C(=O)CCCc2ccc(OP(=O)(O)Oc3ccc(CCCC(=O)c4c(OC)cc(OC)cc4OC)cc3)cc2)c(OC)c1. The smallest absolute Gasteiger partial charge is 0.496 e. The number of hydrogen-bond donors (Lipinski definition) is 1. The molecule has 0 aromatic heterocycles. The molecule has 1 N–H and O–H groups in total. The molecule has 0 fully saturated rings. The molecule has 0 unspecified atom stereocenters. The van der Waals surface area contributed by atoms with E-state index in [1.165, 1.54) is 42.7 Å². The van der Waals surface area contributed by atoms with Gasteiger partial charge in [0.25, 0.3) is 0 Å². The number of phosphoric ester groups is 1. The number of rotatable bonds is 20. The quantitative estimate of drug-likeness (QED) is 0.0705. The number of ketones is 2. The zero-order valence-electron chi connectivity index (χ0n) is 29.6. The van der Waals surface area contributed by atoms with Crippen LogP contribution in [0.3, 0.4) is 0 Å². The topological polar surface area (TPSA) is 145 Å². The second-order valence-electron chi connectivity index (χ2n) is 11.3. The van der Waals surface area contributed by atoms with Crippen LogP contribution < -0.4 is 37.5 Å². The molecular formula is C38H43O12P.